The van der Waals surface area contributed by atoms with Gasteiger partial charge in [-0.15, -0.1) is 0 Å². The molecule has 0 bridgehead atoms. The monoisotopic (exact) mass is 178 g/mol. The molecule has 2 rings (SSSR count). The summed E-state index contributed by atoms with van der Waals surface area (Å²) in [7, 11) is 0. The Hall–Kier alpha value is -1.32. The van der Waals surface area contributed by atoms with Crippen molar-refractivity contribution >= 4 is 11.6 Å². The van der Waals surface area contributed by atoms with Crippen LogP contribution in [0.5, 0.6) is 0 Å². The average Bonchev–Trinajstić information content (AvgIpc) is 2.81. The van der Waals surface area contributed by atoms with Crippen molar-refractivity contribution in [2.75, 3.05) is 17.6 Å². The lowest BCUT2D eigenvalue weighted by atomic mass is 10.3. The molecule has 0 aliphatic heterocycles. The smallest absolute Gasteiger partial charge is 0.144 e. The largest absolute Gasteiger partial charge is 0.382 e. The van der Waals surface area contributed by atoms with E-state index in [0.717, 1.165) is 24.2 Å². The van der Waals surface area contributed by atoms with Gasteiger partial charge in [-0.05, 0) is 18.3 Å². The van der Waals surface area contributed by atoms with Crippen LogP contribution >= 0.6 is 0 Å². The Morgan fingerprint density at radius 1 is 1.54 bits per heavy atom. The Morgan fingerprint density at radius 2 is 2.31 bits per heavy atom. The Morgan fingerprint density at radius 3 is 2.85 bits per heavy atom. The highest BCUT2D eigenvalue weighted by Gasteiger charge is 2.31. The fraction of sp³-hybridized carbons (Fsp3) is 0.556. The van der Waals surface area contributed by atoms with Crippen LogP contribution in [0.1, 0.15) is 13.3 Å². The summed E-state index contributed by atoms with van der Waals surface area (Å²) in [6.07, 6.45) is 4.57. The second-order valence-corrected chi connectivity index (χ2v) is 3.68. The topological polar surface area (TPSA) is 63.8 Å². The highest BCUT2D eigenvalue weighted by molar-refractivity contribution is 5.36. The number of aromatic nitrogens is 2. The summed E-state index contributed by atoms with van der Waals surface area (Å²) in [4.78, 5) is 8.05. The van der Waals surface area contributed by atoms with E-state index in [1.165, 1.54) is 6.42 Å². The van der Waals surface area contributed by atoms with E-state index in [4.69, 9.17) is 5.73 Å². The van der Waals surface area contributed by atoms with Gasteiger partial charge in [-0.25, -0.2) is 9.97 Å². The summed E-state index contributed by atoms with van der Waals surface area (Å²) in [5.74, 6) is 2.97. The van der Waals surface area contributed by atoms with Gasteiger partial charge in [0.05, 0.1) is 12.4 Å². The maximum Gasteiger partial charge on any atom is 0.144 e. The molecule has 0 radical (unpaired) electrons. The minimum atomic E-state index is 0.463. The zero-order valence-corrected chi connectivity index (χ0v) is 7.70. The van der Waals surface area contributed by atoms with Crippen molar-refractivity contribution in [3.63, 3.8) is 0 Å². The van der Waals surface area contributed by atoms with E-state index in [1.807, 2.05) is 0 Å². The number of nitrogens with two attached hydrogens (primary N) is 1. The first-order valence-corrected chi connectivity index (χ1v) is 4.57. The Kier molecular flexibility index (Phi) is 2.04. The maximum atomic E-state index is 5.42. The third kappa shape index (κ3) is 2.08. The molecule has 0 aromatic carbocycles. The third-order valence-corrected chi connectivity index (χ3v) is 2.49. The quantitative estimate of drug-likeness (QED) is 0.728. The van der Waals surface area contributed by atoms with E-state index in [0.29, 0.717) is 5.82 Å². The number of anilines is 2. The van der Waals surface area contributed by atoms with Crippen LogP contribution in [0, 0.1) is 11.8 Å². The molecule has 0 amide bonds. The molecule has 4 heteroatoms. The number of nitrogen functional groups attached to an aromatic ring is 1. The van der Waals surface area contributed by atoms with Crippen molar-refractivity contribution in [3.8, 4) is 0 Å². The van der Waals surface area contributed by atoms with Gasteiger partial charge in [0.2, 0.25) is 0 Å². The summed E-state index contributed by atoms with van der Waals surface area (Å²) < 4.78 is 0. The van der Waals surface area contributed by atoms with E-state index in [9.17, 15) is 0 Å². The molecule has 1 aromatic rings. The molecule has 1 heterocycles. The fourth-order valence-electron chi connectivity index (χ4n) is 1.35. The van der Waals surface area contributed by atoms with Crippen LogP contribution in [0.25, 0.3) is 0 Å². The zero-order valence-electron chi connectivity index (χ0n) is 7.70. The van der Waals surface area contributed by atoms with Gasteiger partial charge in [0, 0.05) is 6.54 Å². The molecule has 0 spiro atoms. The molecular weight excluding hydrogens is 164 g/mol. The molecule has 2 unspecified atom stereocenters. The molecule has 0 saturated heterocycles. The van der Waals surface area contributed by atoms with Crippen LogP contribution in [-0.2, 0) is 0 Å². The molecule has 1 aromatic heterocycles. The lowest BCUT2D eigenvalue weighted by Gasteiger charge is -2.03. The lowest BCUT2D eigenvalue weighted by Crippen LogP contribution is -2.06. The van der Waals surface area contributed by atoms with Gasteiger partial charge in [-0.2, -0.15) is 0 Å². The third-order valence-electron chi connectivity index (χ3n) is 2.49. The van der Waals surface area contributed by atoms with Crippen molar-refractivity contribution in [3.05, 3.63) is 12.4 Å². The standard InChI is InChI=1S/C9H14N4/c1-6-2-7(6)3-12-9-5-11-8(10)4-13-9/h4-7H,2-3H2,1H3,(H2,10,11)(H,12,13). The van der Waals surface area contributed by atoms with E-state index in [1.54, 1.807) is 12.4 Å². The SMILES string of the molecule is CC1CC1CNc1cnc(N)cn1. The molecule has 2 atom stereocenters. The van der Waals surface area contributed by atoms with Crippen molar-refractivity contribution in [2.45, 2.75) is 13.3 Å². The van der Waals surface area contributed by atoms with Crippen LogP contribution in [0.3, 0.4) is 0 Å². The van der Waals surface area contributed by atoms with Gasteiger partial charge in [0.25, 0.3) is 0 Å². The summed E-state index contributed by atoms with van der Waals surface area (Å²) >= 11 is 0. The van der Waals surface area contributed by atoms with Crippen LogP contribution in [-0.4, -0.2) is 16.5 Å². The highest BCUT2D eigenvalue weighted by Crippen LogP contribution is 2.37. The molecule has 1 aliphatic carbocycles. The minimum Gasteiger partial charge on any atom is -0.382 e. The van der Waals surface area contributed by atoms with Crippen LogP contribution in [0.15, 0.2) is 12.4 Å². The van der Waals surface area contributed by atoms with Crippen molar-refractivity contribution < 1.29 is 0 Å². The predicted octanol–water partition coefficient (Wildman–Crippen LogP) is 1.13. The van der Waals surface area contributed by atoms with Gasteiger partial charge in [0.15, 0.2) is 0 Å². The fourth-order valence-corrected chi connectivity index (χ4v) is 1.35. The maximum absolute atomic E-state index is 5.42. The molecule has 1 saturated carbocycles. The Labute approximate surface area is 77.6 Å². The van der Waals surface area contributed by atoms with Gasteiger partial charge >= 0.3 is 0 Å². The Balaban J connectivity index is 1.84. The van der Waals surface area contributed by atoms with Gasteiger partial charge in [-0.1, -0.05) is 6.92 Å². The highest BCUT2D eigenvalue weighted by atomic mass is 15.0. The van der Waals surface area contributed by atoms with Crippen molar-refractivity contribution in [2.24, 2.45) is 11.8 Å². The first kappa shape index (κ1) is 8.29. The lowest BCUT2D eigenvalue weighted by molar-refractivity contribution is 0.784. The summed E-state index contributed by atoms with van der Waals surface area (Å²) in [6.45, 7) is 3.26. The van der Waals surface area contributed by atoms with E-state index in [2.05, 4.69) is 22.2 Å². The van der Waals surface area contributed by atoms with Gasteiger partial charge < -0.3 is 11.1 Å². The first-order chi connectivity index (χ1) is 6.25. The summed E-state index contributed by atoms with van der Waals surface area (Å²) in [6, 6.07) is 0. The van der Waals surface area contributed by atoms with Gasteiger partial charge in [0.1, 0.15) is 11.6 Å². The molecule has 1 aliphatic rings. The number of hydrogen-bond donors (Lipinski definition) is 2. The number of rotatable bonds is 3. The first-order valence-electron chi connectivity index (χ1n) is 4.57. The number of nitrogens with zero attached hydrogens (tertiary/aromatic N) is 2. The number of hydrogen-bond acceptors (Lipinski definition) is 4. The average molecular weight is 178 g/mol. The molecule has 13 heavy (non-hydrogen) atoms. The van der Waals surface area contributed by atoms with E-state index >= 15 is 0 Å². The molecular formula is C9H14N4. The van der Waals surface area contributed by atoms with Crippen LogP contribution in [0.2, 0.25) is 0 Å². The van der Waals surface area contributed by atoms with Crippen molar-refractivity contribution in [1.29, 1.82) is 0 Å². The molecule has 1 fully saturated rings. The normalized spacial score (nSPS) is 25.6. The summed E-state index contributed by atoms with van der Waals surface area (Å²) in [5.41, 5.74) is 5.42. The van der Waals surface area contributed by atoms with Crippen molar-refractivity contribution in [1.82, 2.24) is 9.97 Å². The zero-order chi connectivity index (χ0) is 9.26. The Bertz CT molecular complexity index is 282. The molecule has 70 valence electrons. The van der Waals surface area contributed by atoms with E-state index in [-0.39, 0.29) is 0 Å². The van der Waals surface area contributed by atoms with Gasteiger partial charge in [-0.3, -0.25) is 0 Å². The molecule has 3 N–H and O–H groups in total. The van der Waals surface area contributed by atoms with Crippen LogP contribution < -0.4 is 11.1 Å². The number of nitrogens with one attached hydrogen (secondary N) is 1. The summed E-state index contributed by atoms with van der Waals surface area (Å²) in [5, 5.41) is 3.24. The predicted molar refractivity (Wildman–Crippen MR) is 52.2 cm³/mol. The van der Waals surface area contributed by atoms with E-state index < -0.39 is 0 Å². The molecule has 4 nitrogen and oxygen atoms in total. The van der Waals surface area contributed by atoms with Crippen LogP contribution in [0.4, 0.5) is 11.6 Å². The minimum absolute atomic E-state index is 0.463. The second kappa shape index (κ2) is 3.20. The second-order valence-electron chi connectivity index (χ2n) is 3.68.